The van der Waals surface area contributed by atoms with Crippen molar-refractivity contribution in [3.8, 4) is 0 Å². The number of carbonyl (C=O) groups is 2. The molecule has 0 radical (unpaired) electrons. The number of aliphatic hydroxyl groups is 1. The summed E-state index contributed by atoms with van der Waals surface area (Å²) in [5, 5.41) is 12.9. The molecule has 3 aromatic rings. The summed E-state index contributed by atoms with van der Waals surface area (Å²) in [5.74, 6) is -1.41. The molecule has 2 heterocycles. The fraction of sp³-hybridized carbons (Fsp3) is 0.130. The fourth-order valence-corrected chi connectivity index (χ4v) is 4.44. The van der Waals surface area contributed by atoms with Gasteiger partial charge in [0.15, 0.2) is 0 Å². The van der Waals surface area contributed by atoms with Gasteiger partial charge in [0, 0.05) is 14.9 Å². The Balaban J connectivity index is 1.86. The quantitative estimate of drug-likeness (QED) is 0.315. The number of nitrogens with zero attached hydrogens (tertiary/aromatic N) is 1. The molecular weight excluding hydrogens is 450 g/mol. The molecule has 0 saturated carbocycles. The number of Topliss-reactive ketones (excluding diaryl/α,β-unsaturated/α-hetero) is 1. The monoisotopic (exact) mass is 467 g/mol. The maximum absolute atomic E-state index is 13.0. The van der Waals surface area contributed by atoms with E-state index in [2.05, 4.69) is 15.9 Å². The number of rotatable bonds is 4. The van der Waals surface area contributed by atoms with Crippen LogP contribution in [0.5, 0.6) is 0 Å². The first-order chi connectivity index (χ1) is 14.0. The molecule has 1 aliphatic heterocycles. The predicted molar refractivity (Wildman–Crippen MR) is 117 cm³/mol. The zero-order chi connectivity index (χ0) is 20.5. The van der Waals surface area contributed by atoms with Crippen LogP contribution in [0.1, 0.15) is 27.6 Å². The second kappa shape index (κ2) is 7.97. The van der Waals surface area contributed by atoms with Crippen molar-refractivity contribution in [3.63, 3.8) is 0 Å². The normalized spacial score (nSPS) is 18.4. The van der Waals surface area contributed by atoms with E-state index in [9.17, 15) is 14.7 Å². The third-order valence-corrected chi connectivity index (χ3v) is 6.35. The molecule has 0 spiro atoms. The first-order valence-corrected chi connectivity index (χ1v) is 10.8. The predicted octanol–water partition coefficient (Wildman–Crippen LogP) is 5.44. The van der Waals surface area contributed by atoms with Gasteiger partial charge in [-0.05, 0) is 36.1 Å². The van der Waals surface area contributed by atoms with Crippen molar-refractivity contribution < 1.29 is 14.7 Å². The Labute approximate surface area is 181 Å². The standard InChI is InChI=1S/C23H18BrNO3S/c1-14-4-6-16(7-5-14)21(26)19-20(15-8-10-17(24)11-9-15)25(23(28)22(19)27)13-18-3-2-12-29-18/h2-12,20,26H,13H2,1H3/b21-19+. The second-order valence-corrected chi connectivity index (χ2v) is 8.87. The molecule has 1 amide bonds. The number of aryl methyl sites for hydroxylation is 1. The first kappa shape index (κ1) is 19.6. The van der Waals surface area contributed by atoms with E-state index in [1.54, 1.807) is 12.1 Å². The highest BCUT2D eigenvalue weighted by Crippen LogP contribution is 2.40. The van der Waals surface area contributed by atoms with Crippen LogP contribution in [0, 0.1) is 6.92 Å². The number of halogens is 1. The van der Waals surface area contributed by atoms with Crippen LogP contribution in [0.3, 0.4) is 0 Å². The van der Waals surface area contributed by atoms with Crippen LogP contribution in [-0.4, -0.2) is 21.7 Å². The van der Waals surface area contributed by atoms with Gasteiger partial charge in [-0.25, -0.2) is 0 Å². The van der Waals surface area contributed by atoms with Crippen molar-refractivity contribution in [3.05, 3.63) is 97.7 Å². The summed E-state index contributed by atoms with van der Waals surface area (Å²) in [6.07, 6.45) is 0. The van der Waals surface area contributed by atoms with E-state index in [-0.39, 0.29) is 11.3 Å². The Morgan fingerprint density at radius 1 is 1.07 bits per heavy atom. The van der Waals surface area contributed by atoms with Crippen LogP contribution >= 0.6 is 27.3 Å². The zero-order valence-corrected chi connectivity index (χ0v) is 18.0. The summed E-state index contributed by atoms with van der Waals surface area (Å²) in [6, 6.07) is 17.9. The van der Waals surface area contributed by atoms with Crippen LogP contribution in [-0.2, 0) is 16.1 Å². The van der Waals surface area contributed by atoms with Crippen LogP contribution < -0.4 is 0 Å². The van der Waals surface area contributed by atoms with Crippen molar-refractivity contribution in [2.75, 3.05) is 0 Å². The number of benzene rings is 2. The van der Waals surface area contributed by atoms with E-state index < -0.39 is 17.7 Å². The molecule has 0 bridgehead atoms. The Bertz CT molecular complexity index is 1090. The SMILES string of the molecule is Cc1ccc(/C(O)=C2\C(=O)C(=O)N(Cc3cccs3)C2c2ccc(Br)cc2)cc1. The number of carbonyl (C=O) groups excluding carboxylic acids is 2. The van der Waals surface area contributed by atoms with Gasteiger partial charge in [0.25, 0.3) is 11.7 Å². The molecule has 1 aliphatic rings. The summed E-state index contributed by atoms with van der Waals surface area (Å²) in [7, 11) is 0. The van der Waals surface area contributed by atoms with Gasteiger partial charge in [0.05, 0.1) is 18.2 Å². The van der Waals surface area contributed by atoms with E-state index in [1.807, 2.05) is 60.8 Å². The molecule has 1 atom stereocenters. The lowest BCUT2D eigenvalue weighted by atomic mass is 9.95. The zero-order valence-electron chi connectivity index (χ0n) is 15.6. The minimum absolute atomic E-state index is 0.123. The molecule has 146 valence electrons. The lowest BCUT2D eigenvalue weighted by Gasteiger charge is -2.25. The van der Waals surface area contributed by atoms with Gasteiger partial charge in [0.2, 0.25) is 0 Å². The maximum atomic E-state index is 13.0. The molecule has 1 unspecified atom stereocenters. The minimum Gasteiger partial charge on any atom is -0.507 e. The Morgan fingerprint density at radius 3 is 2.38 bits per heavy atom. The number of thiophene rings is 1. The lowest BCUT2D eigenvalue weighted by Crippen LogP contribution is -2.28. The summed E-state index contributed by atoms with van der Waals surface area (Å²) >= 11 is 4.95. The maximum Gasteiger partial charge on any atom is 0.295 e. The molecule has 4 nitrogen and oxygen atoms in total. The van der Waals surface area contributed by atoms with Crippen LogP contribution in [0.4, 0.5) is 0 Å². The van der Waals surface area contributed by atoms with E-state index in [1.165, 1.54) is 16.2 Å². The van der Waals surface area contributed by atoms with Gasteiger partial charge >= 0.3 is 0 Å². The largest absolute Gasteiger partial charge is 0.507 e. The average molecular weight is 468 g/mol. The molecule has 2 aromatic carbocycles. The molecule has 0 aliphatic carbocycles. The summed E-state index contributed by atoms with van der Waals surface area (Å²) in [6.45, 7) is 2.26. The number of aliphatic hydroxyl groups excluding tert-OH is 1. The molecule has 4 rings (SSSR count). The smallest absolute Gasteiger partial charge is 0.295 e. The Kier molecular flexibility index (Phi) is 5.39. The highest BCUT2D eigenvalue weighted by molar-refractivity contribution is 9.10. The fourth-order valence-electron chi connectivity index (χ4n) is 3.47. The average Bonchev–Trinajstić information content (AvgIpc) is 3.31. The second-order valence-electron chi connectivity index (χ2n) is 6.92. The number of hydrogen-bond acceptors (Lipinski definition) is 4. The molecule has 1 saturated heterocycles. The topological polar surface area (TPSA) is 57.6 Å². The molecule has 1 fully saturated rings. The van der Waals surface area contributed by atoms with Crippen molar-refractivity contribution in [2.24, 2.45) is 0 Å². The van der Waals surface area contributed by atoms with Crippen molar-refractivity contribution >= 4 is 44.7 Å². The lowest BCUT2D eigenvalue weighted by molar-refractivity contribution is -0.140. The van der Waals surface area contributed by atoms with Crippen molar-refractivity contribution in [1.82, 2.24) is 4.90 Å². The van der Waals surface area contributed by atoms with Gasteiger partial charge < -0.3 is 10.0 Å². The summed E-state index contributed by atoms with van der Waals surface area (Å²) in [5.41, 5.74) is 2.46. The molecule has 1 aromatic heterocycles. The van der Waals surface area contributed by atoms with Crippen LogP contribution in [0.2, 0.25) is 0 Å². The van der Waals surface area contributed by atoms with Gasteiger partial charge in [-0.15, -0.1) is 11.3 Å². The van der Waals surface area contributed by atoms with E-state index in [0.717, 1.165) is 20.5 Å². The molecule has 6 heteroatoms. The minimum atomic E-state index is -0.660. The number of likely N-dealkylation sites (tertiary alicyclic amines) is 1. The van der Waals surface area contributed by atoms with E-state index in [4.69, 9.17) is 0 Å². The van der Waals surface area contributed by atoms with Gasteiger partial charge in [-0.2, -0.15) is 0 Å². The number of hydrogen-bond donors (Lipinski definition) is 1. The molecule has 1 N–H and O–H groups in total. The number of amides is 1. The van der Waals surface area contributed by atoms with Crippen molar-refractivity contribution in [1.29, 1.82) is 0 Å². The van der Waals surface area contributed by atoms with Crippen LogP contribution in [0.15, 0.2) is 76.1 Å². The first-order valence-electron chi connectivity index (χ1n) is 9.09. The number of ketones is 1. The third kappa shape index (κ3) is 3.78. The summed E-state index contributed by atoms with van der Waals surface area (Å²) in [4.78, 5) is 28.4. The van der Waals surface area contributed by atoms with E-state index >= 15 is 0 Å². The van der Waals surface area contributed by atoms with Gasteiger partial charge in [0.1, 0.15) is 5.76 Å². The van der Waals surface area contributed by atoms with Gasteiger partial charge in [-0.3, -0.25) is 9.59 Å². The molecular formula is C23H18BrNO3S. The van der Waals surface area contributed by atoms with Crippen molar-refractivity contribution in [2.45, 2.75) is 19.5 Å². The third-order valence-electron chi connectivity index (χ3n) is 4.96. The highest BCUT2D eigenvalue weighted by Gasteiger charge is 2.46. The Morgan fingerprint density at radius 2 is 1.76 bits per heavy atom. The van der Waals surface area contributed by atoms with Gasteiger partial charge in [-0.1, -0.05) is 64.0 Å². The van der Waals surface area contributed by atoms with Crippen LogP contribution in [0.25, 0.3) is 5.76 Å². The molecule has 29 heavy (non-hydrogen) atoms. The summed E-state index contributed by atoms with van der Waals surface area (Å²) < 4.78 is 0.898. The Hall–Kier alpha value is -2.70. The van der Waals surface area contributed by atoms with E-state index in [0.29, 0.717) is 12.1 Å². The highest BCUT2D eigenvalue weighted by atomic mass is 79.9.